The van der Waals surface area contributed by atoms with Crippen molar-refractivity contribution in [3.8, 4) is 0 Å². The van der Waals surface area contributed by atoms with Gasteiger partial charge in [0.2, 0.25) is 0 Å². The van der Waals surface area contributed by atoms with Crippen molar-refractivity contribution in [2.45, 2.75) is 6.92 Å². The zero-order chi connectivity index (χ0) is 13.3. The first kappa shape index (κ1) is 12.4. The molecule has 2 rings (SSSR count). The number of hydrogen-bond acceptors (Lipinski definition) is 3. The number of hydrogen-bond donors (Lipinski definition) is 2. The number of halogens is 1. The fourth-order valence-corrected chi connectivity index (χ4v) is 1.81. The molecular formula is C12H13ClN4O. The lowest BCUT2D eigenvalue weighted by Crippen LogP contribution is -2.18. The molecule has 0 aliphatic rings. The number of aryl methyl sites for hydroxylation is 2. The summed E-state index contributed by atoms with van der Waals surface area (Å²) in [6.45, 7) is 1.92. The van der Waals surface area contributed by atoms with Crippen molar-refractivity contribution in [3.05, 3.63) is 40.7 Å². The van der Waals surface area contributed by atoms with Crippen molar-refractivity contribution in [2.75, 3.05) is 11.1 Å². The van der Waals surface area contributed by atoms with Crippen LogP contribution >= 0.6 is 11.6 Å². The highest BCUT2D eigenvalue weighted by molar-refractivity contribution is 6.34. The molecule has 0 spiro atoms. The Morgan fingerprint density at radius 3 is 2.83 bits per heavy atom. The molecule has 6 heteroatoms. The summed E-state index contributed by atoms with van der Waals surface area (Å²) in [7, 11) is 1.66. The summed E-state index contributed by atoms with van der Waals surface area (Å²) in [5.74, 6) is -0.333. The van der Waals surface area contributed by atoms with Gasteiger partial charge in [0.25, 0.3) is 5.91 Å². The number of nitrogens with one attached hydrogen (secondary N) is 1. The molecule has 0 bridgehead atoms. The van der Waals surface area contributed by atoms with Crippen LogP contribution in [-0.4, -0.2) is 15.7 Å². The van der Waals surface area contributed by atoms with E-state index >= 15 is 0 Å². The number of anilines is 2. The highest BCUT2D eigenvalue weighted by Gasteiger charge is 2.16. The Balaban J connectivity index is 2.30. The number of benzene rings is 1. The molecule has 0 fully saturated rings. The van der Waals surface area contributed by atoms with Crippen LogP contribution in [0.3, 0.4) is 0 Å². The standard InChI is InChI=1S/C12H13ClN4O/c1-7-3-4-8(13)10(5-7)16-12(18)11-9(14)6-15-17(11)2/h3-6H,14H2,1-2H3,(H,16,18). The molecule has 0 unspecified atom stereocenters. The van der Waals surface area contributed by atoms with Gasteiger partial charge in [0, 0.05) is 7.05 Å². The molecule has 1 amide bonds. The van der Waals surface area contributed by atoms with Crippen LogP contribution in [0, 0.1) is 6.92 Å². The zero-order valence-corrected chi connectivity index (χ0v) is 10.8. The van der Waals surface area contributed by atoms with Crippen molar-refractivity contribution in [3.63, 3.8) is 0 Å². The highest BCUT2D eigenvalue weighted by Crippen LogP contribution is 2.23. The SMILES string of the molecule is Cc1ccc(Cl)c(NC(=O)c2c(N)cnn2C)c1. The first-order chi connectivity index (χ1) is 8.49. The number of nitrogens with two attached hydrogens (primary N) is 1. The van der Waals surface area contributed by atoms with Crippen LogP contribution in [0.1, 0.15) is 16.1 Å². The molecule has 0 aliphatic carbocycles. The Hall–Kier alpha value is -2.01. The zero-order valence-electron chi connectivity index (χ0n) is 10.1. The second-order valence-electron chi connectivity index (χ2n) is 4.01. The molecule has 2 aromatic rings. The van der Waals surface area contributed by atoms with Gasteiger partial charge in [0.1, 0.15) is 5.69 Å². The third-order valence-electron chi connectivity index (χ3n) is 2.55. The Labute approximate surface area is 110 Å². The van der Waals surface area contributed by atoms with E-state index in [0.717, 1.165) is 5.56 Å². The van der Waals surface area contributed by atoms with Crippen molar-refractivity contribution in [1.82, 2.24) is 9.78 Å². The average Bonchev–Trinajstić information content (AvgIpc) is 2.63. The normalized spacial score (nSPS) is 10.4. The van der Waals surface area contributed by atoms with Crippen LogP contribution in [0.5, 0.6) is 0 Å². The van der Waals surface area contributed by atoms with Gasteiger partial charge in [-0.2, -0.15) is 5.10 Å². The van der Waals surface area contributed by atoms with E-state index in [1.165, 1.54) is 10.9 Å². The third kappa shape index (κ3) is 2.31. The molecule has 0 radical (unpaired) electrons. The molecule has 5 nitrogen and oxygen atoms in total. The number of carbonyl (C=O) groups excluding carboxylic acids is 1. The average molecular weight is 265 g/mol. The summed E-state index contributed by atoms with van der Waals surface area (Å²) in [5, 5.41) is 7.12. The molecule has 1 heterocycles. The molecule has 1 aromatic carbocycles. The number of amides is 1. The molecule has 18 heavy (non-hydrogen) atoms. The fourth-order valence-electron chi connectivity index (χ4n) is 1.65. The number of nitrogen functional groups attached to an aromatic ring is 1. The minimum absolute atomic E-state index is 0.313. The van der Waals surface area contributed by atoms with Gasteiger partial charge >= 0.3 is 0 Å². The van der Waals surface area contributed by atoms with Crippen molar-refractivity contribution < 1.29 is 4.79 Å². The van der Waals surface area contributed by atoms with Gasteiger partial charge in [-0.3, -0.25) is 9.48 Å². The van der Waals surface area contributed by atoms with Crippen LogP contribution in [0.4, 0.5) is 11.4 Å². The molecule has 1 aromatic heterocycles. The quantitative estimate of drug-likeness (QED) is 0.873. The van der Waals surface area contributed by atoms with Crippen LogP contribution < -0.4 is 11.1 Å². The summed E-state index contributed by atoms with van der Waals surface area (Å²) >= 11 is 6.01. The van der Waals surface area contributed by atoms with Crippen molar-refractivity contribution in [1.29, 1.82) is 0 Å². The smallest absolute Gasteiger partial charge is 0.276 e. The summed E-state index contributed by atoms with van der Waals surface area (Å²) in [4.78, 5) is 12.1. The van der Waals surface area contributed by atoms with E-state index in [4.69, 9.17) is 17.3 Å². The predicted molar refractivity (Wildman–Crippen MR) is 71.8 cm³/mol. The number of nitrogens with zero attached hydrogens (tertiary/aromatic N) is 2. The number of carbonyl (C=O) groups is 1. The monoisotopic (exact) mass is 264 g/mol. The largest absolute Gasteiger partial charge is 0.396 e. The lowest BCUT2D eigenvalue weighted by molar-refractivity contribution is 0.101. The van der Waals surface area contributed by atoms with E-state index in [1.807, 2.05) is 13.0 Å². The fraction of sp³-hybridized carbons (Fsp3) is 0.167. The molecule has 0 saturated carbocycles. The number of rotatable bonds is 2. The molecule has 0 aliphatic heterocycles. The van der Waals surface area contributed by atoms with Crippen LogP contribution in [-0.2, 0) is 7.05 Å². The van der Waals surface area contributed by atoms with Crippen molar-refractivity contribution >= 4 is 28.9 Å². The maximum absolute atomic E-state index is 12.1. The van der Waals surface area contributed by atoms with Gasteiger partial charge in [-0.25, -0.2) is 0 Å². The Bertz CT molecular complexity index is 587. The maximum Gasteiger partial charge on any atom is 0.276 e. The maximum atomic E-state index is 12.1. The predicted octanol–water partition coefficient (Wildman–Crippen LogP) is 2.22. The minimum Gasteiger partial charge on any atom is -0.396 e. The Morgan fingerprint density at radius 1 is 1.50 bits per heavy atom. The minimum atomic E-state index is -0.333. The molecule has 0 saturated heterocycles. The van der Waals surface area contributed by atoms with Crippen LogP contribution in [0.2, 0.25) is 5.02 Å². The highest BCUT2D eigenvalue weighted by atomic mass is 35.5. The summed E-state index contributed by atoms with van der Waals surface area (Å²) in [6.07, 6.45) is 1.44. The van der Waals surface area contributed by atoms with Gasteiger partial charge in [-0.15, -0.1) is 0 Å². The molecule has 94 valence electrons. The first-order valence-electron chi connectivity index (χ1n) is 5.34. The van der Waals surface area contributed by atoms with Gasteiger partial charge in [0.15, 0.2) is 0 Å². The number of aromatic nitrogens is 2. The third-order valence-corrected chi connectivity index (χ3v) is 2.88. The second kappa shape index (κ2) is 4.70. The Morgan fingerprint density at radius 2 is 2.22 bits per heavy atom. The molecule has 3 N–H and O–H groups in total. The lowest BCUT2D eigenvalue weighted by atomic mass is 10.2. The Kier molecular flexibility index (Phi) is 3.25. The first-order valence-corrected chi connectivity index (χ1v) is 5.72. The summed E-state index contributed by atoms with van der Waals surface area (Å²) in [6, 6.07) is 5.41. The topological polar surface area (TPSA) is 72.9 Å². The van der Waals surface area contributed by atoms with Gasteiger partial charge < -0.3 is 11.1 Å². The van der Waals surface area contributed by atoms with Gasteiger partial charge in [0.05, 0.1) is 22.6 Å². The van der Waals surface area contributed by atoms with Crippen LogP contribution in [0.15, 0.2) is 24.4 Å². The van der Waals surface area contributed by atoms with Crippen LogP contribution in [0.25, 0.3) is 0 Å². The summed E-state index contributed by atoms with van der Waals surface area (Å²) in [5.41, 5.74) is 7.90. The molecule has 0 atom stereocenters. The van der Waals surface area contributed by atoms with E-state index in [2.05, 4.69) is 10.4 Å². The molecular weight excluding hydrogens is 252 g/mol. The summed E-state index contributed by atoms with van der Waals surface area (Å²) < 4.78 is 1.42. The lowest BCUT2D eigenvalue weighted by Gasteiger charge is -2.08. The van der Waals surface area contributed by atoms with E-state index in [0.29, 0.717) is 22.1 Å². The van der Waals surface area contributed by atoms with Gasteiger partial charge in [-0.05, 0) is 24.6 Å². The second-order valence-corrected chi connectivity index (χ2v) is 4.42. The van der Waals surface area contributed by atoms with E-state index in [1.54, 1.807) is 19.2 Å². The van der Waals surface area contributed by atoms with E-state index < -0.39 is 0 Å². The van der Waals surface area contributed by atoms with Crippen molar-refractivity contribution in [2.24, 2.45) is 7.05 Å². The van der Waals surface area contributed by atoms with E-state index in [-0.39, 0.29) is 5.91 Å². The van der Waals surface area contributed by atoms with Gasteiger partial charge in [-0.1, -0.05) is 17.7 Å². The van der Waals surface area contributed by atoms with E-state index in [9.17, 15) is 4.79 Å².